The van der Waals surface area contributed by atoms with Gasteiger partial charge < -0.3 is 0 Å². The van der Waals surface area contributed by atoms with E-state index in [1.54, 1.807) is 0 Å². The zero-order valence-electron chi connectivity index (χ0n) is 10.5. The Bertz CT molecular complexity index is 679. The van der Waals surface area contributed by atoms with Crippen LogP contribution in [0.4, 0.5) is 0 Å². The van der Waals surface area contributed by atoms with Gasteiger partial charge in [-0.3, -0.25) is 4.98 Å². The Hall–Kier alpha value is -1.67. The number of hydrogen-bond donors (Lipinski definition) is 0. The summed E-state index contributed by atoms with van der Waals surface area (Å²) in [5, 5.41) is 1.19. The van der Waals surface area contributed by atoms with E-state index in [4.69, 9.17) is 4.98 Å². The van der Waals surface area contributed by atoms with Crippen molar-refractivity contribution < 1.29 is 0 Å². The van der Waals surface area contributed by atoms with Crippen molar-refractivity contribution in [2.24, 2.45) is 0 Å². The van der Waals surface area contributed by atoms with Crippen molar-refractivity contribution >= 4 is 26.8 Å². The topological polar surface area (TPSA) is 12.9 Å². The largest absolute Gasteiger partial charge is 0.253 e. The Morgan fingerprint density at radius 3 is 2.42 bits per heavy atom. The third kappa shape index (κ3) is 2.85. The second-order valence-corrected chi connectivity index (χ2v) is 5.68. The Kier molecular flexibility index (Phi) is 3.60. The molecule has 0 bridgehead atoms. The summed E-state index contributed by atoms with van der Waals surface area (Å²) in [5.74, 6) is 0. The molecule has 0 saturated heterocycles. The first-order valence-electron chi connectivity index (χ1n) is 6.36. The molecular weight excluding hydrogens is 298 g/mol. The first-order chi connectivity index (χ1) is 9.33. The second kappa shape index (κ2) is 5.54. The van der Waals surface area contributed by atoms with E-state index in [9.17, 15) is 0 Å². The number of hydrogen-bond acceptors (Lipinski definition) is 1. The van der Waals surface area contributed by atoms with E-state index in [1.807, 2.05) is 18.2 Å². The number of aromatic nitrogens is 1. The predicted octanol–water partition coefficient (Wildman–Crippen LogP) is 4.91. The first kappa shape index (κ1) is 12.4. The van der Waals surface area contributed by atoms with Crippen molar-refractivity contribution in [2.45, 2.75) is 11.2 Å². The monoisotopic (exact) mass is 311 g/mol. The molecule has 0 saturated carbocycles. The molecule has 0 aliphatic carbocycles. The summed E-state index contributed by atoms with van der Waals surface area (Å²) >= 11 is 3.75. The number of alkyl halides is 1. The summed E-state index contributed by atoms with van der Waals surface area (Å²) in [7, 11) is 0. The van der Waals surface area contributed by atoms with Gasteiger partial charge in [-0.2, -0.15) is 0 Å². The number of para-hydroxylation sites is 1. The number of pyridine rings is 1. The van der Waals surface area contributed by atoms with Gasteiger partial charge in [0.25, 0.3) is 0 Å². The molecular formula is C17H14BrN. The third-order valence-electron chi connectivity index (χ3n) is 3.21. The maximum absolute atomic E-state index is 4.71. The van der Waals surface area contributed by atoms with Crippen LogP contribution in [0.5, 0.6) is 0 Å². The van der Waals surface area contributed by atoms with Gasteiger partial charge >= 0.3 is 0 Å². The van der Waals surface area contributed by atoms with Crippen LogP contribution >= 0.6 is 15.9 Å². The van der Waals surface area contributed by atoms with Crippen LogP contribution in [-0.4, -0.2) is 4.98 Å². The van der Waals surface area contributed by atoms with Crippen LogP contribution in [0.2, 0.25) is 0 Å². The minimum absolute atomic E-state index is 0.308. The molecule has 19 heavy (non-hydrogen) atoms. The van der Waals surface area contributed by atoms with Gasteiger partial charge in [0, 0.05) is 22.3 Å². The quantitative estimate of drug-likeness (QED) is 0.626. The van der Waals surface area contributed by atoms with Crippen molar-refractivity contribution in [3.63, 3.8) is 0 Å². The summed E-state index contributed by atoms with van der Waals surface area (Å²) in [4.78, 5) is 5.02. The van der Waals surface area contributed by atoms with Crippen LogP contribution in [0, 0.1) is 0 Å². The lowest BCUT2D eigenvalue weighted by molar-refractivity contribution is 0.913. The first-order valence-corrected chi connectivity index (χ1v) is 7.28. The van der Waals surface area contributed by atoms with Crippen molar-refractivity contribution in [3.8, 4) is 0 Å². The number of fused-ring (bicyclic) bond motifs is 1. The van der Waals surface area contributed by atoms with Gasteiger partial charge in [-0.1, -0.05) is 70.5 Å². The molecule has 3 rings (SSSR count). The van der Waals surface area contributed by atoms with Crippen LogP contribution in [0.3, 0.4) is 0 Å². The standard InChI is InChI=1S/C17H14BrN/c18-16(13-6-2-1-3-7-13)12-15-11-10-14-8-4-5-9-17(14)19-15/h1-11,16H,12H2. The SMILES string of the molecule is BrC(Cc1ccc2ccccc2n1)c1ccccc1. The van der Waals surface area contributed by atoms with E-state index >= 15 is 0 Å². The zero-order valence-corrected chi connectivity index (χ0v) is 12.0. The van der Waals surface area contributed by atoms with Crippen LogP contribution in [0.25, 0.3) is 10.9 Å². The van der Waals surface area contributed by atoms with Crippen molar-refractivity contribution in [2.75, 3.05) is 0 Å². The molecule has 3 aromatic rings. The molecule has 1 nitrogen and oxygen atoms in total. The maximum atomic E-state index is 4.71. The van der Waals surface area contributed by atoms with Gasteiger partial charge in [0.2, 0.25) is 0 Å². The average Bonchev–Trinajstić information content (AvgIpc) is 2.48. The number of benzene rings is 2. The fraction of sp³-hybridized carbons (Fsp3) is 0.118. The van der Waals surface area contributed by atoms with Gasteiger partial charge in [-0.05, 0) is 17.7 Å². The molecule has 0 radical (unpaired) electrons. The molecule has 94 valence electrons. The molecule has 0 aliphatic heterocycles. The molecule has 1 heterocycles. The predicted molar refractivity (Wildman–Crippen MR) is 83.6 cm³/mol. The highest BCUT2D eigenvalue weighted by Crippen LogP contribution is 2.26. The van der Waals surface area contributed by atoms with Crippen LogP contribution in [-0.2, 0) is 6.42 Å². The van der Waals surface area contributed by atoms with Crippen LogP contribution < -0.4 is 0 Å². The van der Waals surface area contributed by atoms with E-state index in [0.717, 1.165) is 17.6 Å². The maximum Gasteiger partial charge on any atom is 0.0705 e. The molecule has 0 N–H and O–H groups in total. The molecule has 2 heteroatoms. The second-order valence-electron chi connectivity index (χ2n) is 4.58. The minimum atomic E-state index is 0.308. The lowest BCUT2D eigenvalue weighted by atomic mass is 10.1. The Balaban J connectivity index is 1.85. The van der Waals surface area contributed by atoms with Crippen molar-refractivity contribution in [1.82, 2.24) is 4.98 Å². The van der Waals surface area contributed by atoms with Gasteiger partial charge in [0.05, 0.1) is 5.52 Å². The Morgan fingerprint density at radius 1 is 0.842 bits per heavy atom. The fourth-order valence-electron chi connectivity index (χ4n) is 2.19. The third-order valence-corrected chi connectivity index (χ3v) is 4.06. The highest BCUT2D eigenvalue weighted by Gasteiger charge is 2.09. The summed E-state index contributed by atoms with van der Waals surface area (Å²) < 4.78 is 0. The number of nitrogens with zero attached hydrogens (tertiary/aromatic N) is 1. The fourth-order valence-corrected chi connectivity index (χ4v) is 2.82. The van der Waals surface area contributed by atoms with Gasteiger partial charge in [0.1, 0.15) is 0 Å². The normalized spacial score (nSPS) is 12.5. The molecule has 1 atom stereocenters. The molecule has 0 aliphatic rings. The molecule has 2 aromatic carbocycles. The van der Waals surface area contributed by atoms with E-state index in [-0.39, 0.29) is 0 Å². The van der Waals surface area contributed by atoms with Crippen molar-refractivity contribution in [3.05, 3.63) is 78.0 Å². The summed E-state index contributed by atoms with van der Waals surface area (Å²) in [6.07, 6.45) is 0.898. The van der Waals surface area contributed by atoms with E-state index in [0.29, 0.717) is 4.83 Å². The van der Waals surface area contributed by atoms with Crippen LogP contribution in [0.1, 0.15) is 16.1 Å². The van der Waals surface area contributed by atoms with E-state index in [2.05, 4.69) is 64.5 Å². The number of halogens is 1. The summed E-state index contributed by atoms with van der Waals surface area (Å²) in [5.41, 5.74) is 3.47. The van der Waals surface area contributed by atoms with Gasteiger partial charge in [-0.15, -0.1) is 0 Å². The Labute approximate surface area is 121 Å². The zero-order chi connectivity index (χ0) is 13.1. The van der Waals surface area contributed by atoms with Gasteiger partial charge in [-0.25, -0.2) is 0 Å². The van der Waals surface area contributed by atoms with Crippen LogP contribution in [0.15, 0.2) is 66.7 Å². The highest BCUT2D eigenvalue weighted by molar-refractivity contribution is 9.09. The van der Waals surface area contributed by atoms with E-state index < -0.39 is 0 Å². The summed E-state index contributed by atoms with van der Waals surface area (Å²) in [6.45, 7) is 0. The Morgan fingerprint density at radius 2 is 1.58 bits per heavy atom. The minimum Gasteiger partial charge on any atom is -0.253 e. The molecule has 0 spiro atoms. The molecule has 0 amide bonds. The van der Waals surface area contributed by atoms with Gasteiger partial charge in [0.15, 0.2) is 0 Å². The smallest absolute Gasteiger partial charge is 0.0705 e. The summed E-state index contributed by atoms with van der Waals surface area (Å²) in [6, 6.07) is 22.9. The highest BCUT2D eigenvalue weighted by atomic mass is 79.9. The molecule has 0 fully saturated rings. The molecule has 1 aromatic heterocycles. The van der Waals surface area contributed by atoms with E-state index in [1.165, 1.54) is 10.9 Å². The lowest BCUT2D eigenvalue weighted by Crippen LogP contribution is -1.97. The van der Waals surface area contributed by atoms with Crippen molar-refractivity contribution in [1.29, 1.82) is 0 Å². The molecule has 1 unspecified atom stereocenters. The lowest BCUT2D eigenvalue weighted by Gasteiger charge is -2.10. The average molecular weight is 312 g/mol. The number of rotatable bonds is 3.